The third-order valence-electron chi connectivity index (χ3n) is 4.43. The van der Waals surface area contributed by atoms with E-state index in [1.165, 1.54) is 6.42 Å². The van der Waals surface area contributed by atoms with Crippen LogP contribution in [-0.2, 0) is 6.42 Å². The Morgan fingerprint density at radius 1 is 1.52 bits per heavy atom. The summed E-state index contributed by atoms with van der Waals surface area (Å²) >= 11 is 0. The topological polar surface area (TPSA) is 80.9 Å². The number of nitrogens with one attached hydrogen (secondary N) is 1. The zero-order valence-corrected chi connectivity index (χ0v) is 13.3. The third kappa shape index (κ3) is 3.59. The maximum Gasteiger partial charge on any atom is 0.253 e. The third-order valence-corrected chi connectivity index (χ3v) is 4.43. The average Bonchev–Trinajstić information content (AvgIpc) is 2.47. The summed E-state index contributed by atoms with van der Waals surface area (Å²) in [6.45, 7) is 6.55. The van der Waals surface area contributed by atoms with Gasteiger partial charge in [-0.1, -0.05) is 26.7 Å². The van der Waals surface area contributed by atoms with Gasteiger partial charge in [-0.05, 0) is 38.2 Å². The molecule has 21 heavy (non-hydrogen) atoms. The van der Waals surface area contributed by atoms with Crippen molar-refractivity contribution in [2.45, 2.75) is 58.4 Å². The molecule has 0 aromatic carbocycles. The summed E-state index contributed by atoms with van der Waals surface area (Å²) in [7, 11) is 0. The molecular formula is C16H26N4O. The van der Waals surface area contributed by atoms with Crippen LogP contribution in [0.1, 0.15) is 61.3 Å². The molecule has 1 aromatic rings. The van der Waals surface area contributed by atoms with Crippen LogP contribution in [0.5, 0.6) is 0 Å². The molecule has 3 N–H and O–H groups in total. The standard InChI is InChI=1S/C16H26N4O/c1-4-14-13(8-12(3)19-20-14)15(21)18-16(10-17)7-5-6-11(2)9-16/h8,11H,4-7,9-10,17H2,1-3H3,(H,18,21). The molecule has 1 amide bonds. The summed E-state index contributed by atoms with van der Waals surface area (Å²) in [4.78, 5) is 12.7. The molecule has 0 bridgehead atoms. The first-order chi connectivity index (χ1) is 9.99. The highest BCUT2D eigenvalue weighted by Crippen LogP contribution is 2.32. The predicted molar refractivity (Wildman–Crippen MR) is 83.0 cm³/mol. The van der Waals surface area contributed by atoms with Crippen LogP contribution in [0.15, 0.2) is 6.07 Å². The fraction of sp³-hybridized carbons (Fsp3) is 0.688. The van der Waals surface area contributed by atoms with E-state index < -0.39 is 0 Å². The largest absolute Gasteiger partial charge is 0.345 e. The Kier molecular flexibility index (Phi) is 4.93. The molecule has 5 nitrogen and oxygen atoms in total. The molecule has 2 rings (SSSR count). The SMILES string of the molecule is CCc1nnc(C)cc1C(=O)NC1(CN)CCCC(C)C1. The van der Waals surface area contributed by atoms with Crippen molar-refractivity contribution in [3.05, 3.63) is 23.0 Å². The van der Waals surface area contributed by atoms with Gasteiger partial charge in [-0.2, -0.15) is 10.2 Å². The number of carbonyl (C=O) groups excluding carboxylic acids is 1. The summed E-state index contributed by atoms with van der Waals surface area (Å²) in [6, 6.07) is 1.82. The first-order valence-corrected chi connectivity index (χ1v) is 7.85. The van der Waals surface area contributed by atoms with Gasteiger partial charge in [0.1, 0.15) is 0 Å². The molecule has 1 aliphatic rings. The maximum atomic E-state index is 12.7. The van der Waals surface area contributed by atoms with E-state index in [1.807, 2.05) is 19.9 Å². The molecule has 1 saturated carbocycles. The van der Waals surface area contributed by atoms with Crippen LogP contribution in [-0.4, -0.2) is 28.2 Å². The normalized spacial score (nSPS) is 25.6. The molecular weight excluding hydrogens is 264 g/mol. The smallest absolute Gasteiger partial charge is 0.253 e. The van der Waals surface area contributed by atoms with Crippen LogP contribution < -0.4 is 11.1 Å². The van der Waals surface area contributed by atoms with E-state index in [9.17, 15) is 4.79 Å². The molecule has 0 radical (unpaired) electrons. The van der Waals surface area contributed by atoms with Gasteiger partial charge in [0.2, 0.25) is 0 Å². The van der Waals surface area contributed by atoms with Crippen molar-refractivity contribution in [1.29, 1.82) is 0 Å². The zero-order chi connectivity index (χ0) is 15.5. The Hall–Kier alpha value is -1.49. The Morgan fingerprint density at radius 2 is 2.29 bits per heavy atom. The summed E-state index contributed by atoms with van der Waals surface area (Å²) in [5.74, 6) is 0.537. The second-order valence-corrected chi connectivity index (χ2v) is 6.34. The highest BCUT2D eigenvalue weighted by Gasteiger charge is 2.35. The molecule has 2 atom stereocenters. The van der Waals surface area contributed by atoms with Crippen LogP contribution >= 0.6 is 0 Å². The molecule has 1 fully saturated rings. The highest BCUT2D eigenvalue weighted by molar-refractivity contribution is 5.95. The summed E-state index contributed by atoms with van der Waals surface area (Å²) in [6.07, 6.45) is 4.94. The van der Waals surface area contributed by atoms with Crippen molar-refractivity contribution in [3.8, 4) is 0 Å². The van der Waals surface area contributed by atoms with Gasteiger partial charge in [-0.15, -0.1) is 0 Å². The second kappa shape index (κ2) is 6.52. The average molecular weight is 290 g/mol. The minimum atomic E-state index is -0.267. The van der Waals surface area contributed by atoms with Crippen molar-refractivity contribution in [2.24, 2.45) is 11.7 Å². The Labute approximate surface area is 126 Å². The van der Waals surface area contributed by atoms with Crippen LogP contribution in [0.3, 0.4) is 0 Å². The lowest BCUT2D eigenvalue weighted by Gasteiger charge is -2.40. The number of nitrogens with zero attached hydrogens (tertiary/aromatic N) is 2. The molecule has 116 valence electrons. The molecule has 1 heterocycles. The van der Waals surface area contributed by atoms with Crippen LogP contribution in [0, 0.1) is 12.8 Å². The number of aromatic nitrogens is 2. The lowest BCUT2D eigenvalue weighted by molar-refractivity contribution is 0.0852. The maximum absolute atomic E-state index is 12.7. The highest BCUT2D eigenvalue weighted by atomic mass is 16.1. The molecule has 1 aliphatic carbocycles. The van der Waals surface area contributed by atoms with Crippen LogP contribution in [0.25, 0.3) is 0 Å². The number of hydrogen-bond acceptors (Lipinski definition) is 4. The van der Waals surface area contributed by atoms with Gasteiger partial charge in [-0.25, -0.2) is 0 Å². The number of amides is 1. The van der Waals surface area contributed by atoms with Gasteiger partial charge in [0.25, 0.3) is 5.91 Å². The number of carbonyl (C=O) groups is 1. The number of aryl methyl sites for hydroxylation is 2. The van der Waals surface area contributed by atoms with Crippen molar-refractivity contribution in [2.75, 3.05) is 6.54 Å². The molecule has 1 aromatic heterocycles. The minimum Gasteiger partial charge on any atom is -0.345 e. The molecule has 0 spiro atoms. The Morgan fingerprint density at radius 3 is 2.90 bits per heavy atom. The van der Waals surface area contributed by atoms with E-state index in [4.69, 9.17) is 5.73 Å². The molecule has 5 heteroatoms. The van der Waals surface area contributed by atoms with E-state index in [1.54, 1.807) is 0 Å². The van der Waals surface area contributed by atoms with Crippen LogP contribution in [0.4, 0.5) is 0 Å². The molecule has 2 unspecified atom stereocenters. The summed E-state index contributed by atoms with van der Waals surface area (Å²) < 4.78 is 0. The fourth-order valence-electron chi connectivity index (χ4n) is 3.29. The van der Waals surface area contributed by atoms with Gasteiger partial charge in [-0.3, -0.25) is 4.79 Å². The Bertz CT molecular complexity index is 517. The van der Waals surface area contributed by atoms with Crippen molar-refractivity contribution in [3.63, 3.8) is 0 Å². The van der Waals surface area contributed by atoms with Gasteiger partial charge in [0.15, 0.2) is 0 Å². The fourth-order valence-corrected chi connectivity index (χ4v) is 3.29. The first-order valence-electron chi connectivity index (χ1n) is 7.85. The zero-order valence-electron chi connectivity index (χ0n) is 13.3. The summed E-state index contributed by atoms with van der Waals surface area (Å²) in [5.41, 5.74) is 7.86. The van der Waals surface area contributed by atoms with E-state index in [2.05, 4.69) is 22.4 Å². The van der Waals surface area contributed by atoms with Gasteiger partial charge in [0, 0.05) is 6.54 Å². The second-order valence-electron chi connectivity index (χ2n) is 6.34. The van der Waals surface area contributed by atoms with E-state index >= 15 is 0 Å². The van der Waals surface area contributed by atoms with Crippen molar-refractivity contribution < 1.29 is 4.79 Å². The summed E-state index contributed by atoms with van der Waals surface area (Å²) in [5, 5.41) is 11.4. The van der Waals surface area contributed by atoms with E-state index in [0.717, 1.165) is 30.7 Å². The van der Waals surface area contributed by atoms with Crippen LogP contribution in [0.2, 0.25) is 0 Å². The number of hydrogen-bond donors (Lipinski definition) is 2. The van der Waals surface area contributed by atoms with E-state index in [0.29, 0.717) is 24.4 Å². The predicted octanol–water partition coefficient (Wildman–Crippen LogP) is 1.98. The lowest BCUT2D eigenvalue weighted by atomic mass is 9.76. The van der Waals surface area contributed by atoms with Crippen molar-refractivity contribution >= 4 is 5.91 Å². The van der Waals surface area contributed by atoms with Gasteiger partial charge >= 0.3 is 0 Å². The van der Waals surface area contributed by atoms with Gasteiger partial charge < -0.3 is 11.1 Å². The number of rotatable bonds is 4. The van der Waals surface area contributed by atoms with Gasteiger partial charge in [0.05, 0.1) is 22.5 Å². The lowest BCUT2D eigenvalue weighted by Crippen LogP contribution is -2.56. The molecule has 0 aliphatic heterocycles. The Balaban J connectivity index is 2.22. The quantitative estimate of drug-likeness (QED) is 0.888. The van der Waals surface area contributed by atoms with Crippen molar-refractivity contribution in [1.82, 2.24) is 15.5 Å². The number of nitrogens with two attached hydrogens (primary N) is 1. The molecule has 0 saturated heterocycles. The first kappa shape index (κ1) is 15.9. The minimum absolute atomic E-state index is 0.0654. The monoisotopic (exact) mass is 290 g/mol. The van der Waals surface area contributed by atoms with E-state index in [-0.39, 0.29) is 11.4 Å².